The number of likely N-dealkylation sites (N-methyl/N-ethyl adjacent to an activating group) is 1. The number of carbonyl (C=O) groups excluding carboxylic acids is 1. The molecular formula is C22H26ClN3O3. The molecular weight excluding hydrogens is 390 g/mol. The molecule has 1 unspecified atom stereocenters. The Morgan fingerprint density at radius 2 is 2.03 bits per heavy atom. The second kappa shape index (κ2) is 9.03. The SMILES string of the molecule is CN1CCOc2c(C(=O)NCC3CN(Cc4ccccc4)CCO3)cc(Cl)cc21. The van der Waals surface area contributed by atoms with Crippen molar-refractivity contribution >= 4 is 23.2 Å². The first-order valence-corrected chi connectivity index (χ1v) is 10.3. The van der Waals surface area contributed by atoms with Gasteiger partial charge in [0, 0.05) is 38.2 Å². The van der Waals surface area contributed by atoms with E-state index >= 15 is 0 Å². The number of nitrogens with zero attached hydrogens (tertiary/aromatic N) is 2. The number of hydrogen-bond acceptors (Lipinski definition) is 5. The van der Waals surface area contributed by atoms with Crippen molar-refractivity contribution in [3.8, 4) is 5.75 Å². The molecule has 1 amide bonds. The number of carbonyl (C=O) groups is 1. The van der Waals surface area contributed by atoms with Crippen LogP contribution in [0.4, 0.5) is 5.69 Å². The molecule has 0 radical (unpaired) electrons. The Bertz CT molecular complexity index is 862. The molecule has 154 valence electrons. The standard InChI is InChI=1S/C22H26ClN3O3/c1-25-7-9-29-21-19(11-17(23)12-20(21)25)22(27)24-13-18-15-26(8-10-28-18)14-16-5-3-2-4-6-16/h2-6,11-12,18H,7-10,13-15H2,1H3,(H,24,27). The predicted octanol–water partition coefficient (Wildman–Crippen LogP) is 2.80. The second-order valence-corrected chi connectivity index (χ2v) is 7.93. The van der Waals surface area contributed by atoms with Crippen LogP contribution in [0.5, 0.6) is 5.75 Å². The molecule has 0 spiro atoms. The molecule has 1 saturated heterocycles. The third-order valence-electron chi connectivity index (χ3n) is 5.33. The number of rotatable bonds is 5. The highest BCUT2D eigenvalue weighted by Gasteiger charge is 2.25. The number of benzene rings is 2. The van der Waals surface area contributed by atoms with Crippen molar-refractivity contribution in [1.82, 2.24) is 10.2 Å². The van der Waals surface area contributed by atoms with Gasteiger partial charge in [-0.1, -0.05) is 41.9 Å². The molecule has 2 aliphatic heterocycles. The van der Waals surface area contributed by atoms with Crippen molar-refractivity contribution in [2.45, 2.75) is 12.6 Å². The first kappa shape index (κ1) is 20.0. The molecule has 2 aromatic carbocycles. The van der Waals surface area contributed by atoms with Crippen LogP contribution < -0.4 is 15.0 Å². The minimum atomic E-state index is -0.192. The number of anilines is 1. The third kappa shape index (κ3) is 4.83. The number of nitrogens with one attached hydrogen (secondary N) is 1. The number of amides is 1. The van der Waals surface area contributed by atoms with Crippen molar-refractivity contribution in [1.29, 1.82) is 0 Å². The van der Waals surface area contributed by atoms with Gasteiger partial charge in [-0.25, -0.2) is 0 Å². The van der Waals surface area contributed by atoms with E-state index in [-0.39, 0.29) is 12.0 Å². The van der Waals surface area contributed by atoms with Crippen LogP contribution in [0.15, 0.2) is 42.5 Å². The largest absolute Gasteiger partial charge is 0.489 e. The lowest BCUT2D eigenvalue weighted by molar-refractivity contribution is -0.0292. The lowest BCUT2D eigenvalue weighted by Gasteiger charge is -2.33. The Morgan fingerprint density at radius 3 is 2.86 bits per heavy atom. The van der Waals surface area contributed by atoms with Crippen molar-refractivity contribution in [3.05, 3.63) is 58.6 Å². The van der Waals surface area contributed by atoms with E-state index in [4.69, 9.17) is 21.1 Å². The minimum Gasteiger partial charge on any atom is -0.489 e. The van der Waals surface area contributed by atoms with Crippen LogP contribution in [0.3, 0.4) is 0 Å². The maximum Gasteiger partial charge on any atom is 0.255 e. The number of halogens is 1. The van der Waals surface area contributed by atoms with Gasteiger partial charge in [0.25, 0.3) is 5.91 Å². The molecule has 1 atom stereocenters. The van der Waals surface area contributed by atoms with E-state index in [0.29, 0.717) is 36.1 Å². The third-order valence-corrected chi connectivity index (χ3v) is 5.54. The maximum absolute atomic E-state index is 12.9. The fourth-order valence-corrected chi connectivity index (χ4v) is 3.99. The van der Waals surface area contributed by atoms with Gasteiger partial charge in [0.15, 0.2) is 5.75 Å². The predicted molar refractivity (Wildman–Crippen MR) is 114 cm³/mol. The van der Waals surface area contributed by atoms with Gasteiger partial charge in [0.1, 0.15) is 6.61 Å². The van der Waals surface area contributed by atoms with E-state index < -0.39 is 0 Å². The molecule has 7 heteroatoms. The van der Waals surface area contributed by atoms with E-state index in [1.165, 1.54) is 5.56 Å². The van der Waals surface area contributed by atoms with Crippen LogP contribution in [0, 0.1) is 0 Å². The summed E-state index contributed by atoms with van der Waals surface area (Å²) < 4.78 is 11.6. The summed E-state index contributed by atoms with van der Waals surface area (Å²) in [6, 6.07) is 13.9. The van der Waals surface area contributed by atoms with E-state index in [0.717, 1.165) is 31.9 Å². The molecule has 4 rings (SSSR count). The van der Waals surface area contributed by atoms with Crippen LogP contribution in [0.1, 0.15) is 15.9 Å². The monoisotopic (exact) mass is 415 g/mol. The zero-order chi connectivity index (χ0) is 20.2. The molecule has 6 nitrogen and oxygen atoms in total. The van der Waals surface area contributed by atoms with Crippen LogP contribution in [0.25, 0.3) is 0 Å². The van der Waals surface area contributed by atoms with Gasteiger partial charge in [-0.15, -0.1) is 0 Å². The lowest BCUT2D eigenvalue weighted by Crippen LogP contribution is -2.47. The summed E-state index contributed by atoms with van der Waals surface area (Å²) in [5.74, 6) is 0.402. The molecule has 0 saturated carbocycles. The zero-order valence-electron chi connectivity index (χ0n) is 16.6. The quantitative estimate of drug-likeness (QED) is 0.813. The average molecular weight is 416 g/mol. The summed E-state index contributed by atoms with van der Waals surface area (Å²) in [4.78, 5) is 17.3. The van der Waals surface area contributed by atoms with E-state index in [9.17, 15) is 4.79 Å². The number of fused-ring (bicyclic) bond motifs is 1. The zero-order valence-corrected chi connectivity index (χ0v) is 17.3. The van der Waals surface area contributed by atoms with Gasteiger partial charge < -0.3 is 19.7 Å². The Balaban J connectivity index is 1.37. The van der Waals surface area contributed by atoms with Gasteiger partial charge in [-0.3, -0.25) is 9.69 Å². The highest BCUT2D eigenvalue weighted by Crippen LogP contribution is 2.37. The Morgan fingerprint density at radius 1 is 1.21 bits per heavy atom. The fourth-order valence-electron chi connectivity index (χ4n) is 3.78. The topological polar surface area (TPSA) is 54.0 Å². The Hall–Kier alpha value is -2.28. The first-order valence-electron chi connectivity index (χ1n) is 9.94. The second-order valence-electron chi connectivity index (χ2n) is 7.50. The Labute approximate surface area is 176 Å². The first-order chi connectivity index (χ1) is 14.1. The van der Waals surface area contributed by atoms with Crippen molar-refractivity contribution in [2.75, 3.05) is 51.3 Å². The highest BCUT2D eigenvalue weighted by atomic mass is 35.5. The maximum atomic E-state index is 12.9. The van der Waals surface area contributed by atoms with Gasteiger partial charge >= 0.3 is 0 Å². The normalized spacial score (nSPS) is 19.4. The number of hydrogen-bond donors (Lipinski definition) is 1. The average Bonchev–Trinajstić information content (AvgIpc) is 2.73. The summed E-state index contributed by atoms with van der Waals surface area (Å²) in [5, 5.41) is 3.52. The number of morpholine rings is 1. The molecule has 1 fully saturated rings. The molecule has 0 bridgehead atoms. The van der Waals surface area contributed by atoms with Gasteiger partial charge in [0.2, 0.25) is 0 Å². The Kier molecular flexibility index (Phi) is 6.23. The van der Waals surface area contributed by atoms with Gasteiger partial charge in [0.05, 0.1) is 30.5 Å². The molecule has 0 aromatic heterocycles. The van der Waals surface area contributed by atoms with Crippen molar-refractivity contribution in [3.63, 3.8) is 0 Å². The molecule has 29 heavy (non-hydrogen) atoms. The molecule has 1 N–H and O–H groups in total. The fraction of sp³-hybridized carbons (Fsp3) is 0.409. The van der Waals surface area contributed by atoms with Crippen LogP contribution >= 0.6 is 11.6 Å². The summed E-state index contributed by atoms with van der Waals surface area (Å²) in [6.07, 6.45) is -0.0463. The van der Waals surface area contributed by atoms with Crippen LogP contribution in [-0.2, 0) is 11.3 Å². The summed E-state index contributed by atoms with van der Waals surface area (Å²) in [6.45, 7) is 4.97. The van der Waals surface area contributed by atoms with Gasteiger partial charge in [-0.2, -0.15) is 0 Å². The van der Waals surface area contributed by atoms with E-state index in [2.05, 4.69) is 34.5 Å². The smallest absolute Gasteiger partial charge is 0.255 e. The highest BCUT2D eigenvalue weighted by molar-refractivity contribution is 6.31. The molecule has 0 aliphatic carbocycles. The van der Waals surface area contributed by atoms with Gasteiger partial charge in [-0.05, 0) is 17.7 Å². The van der Waals surface area contributed by atoms with Crippen LogP contribution in [-0.4, -0.2) is 63.4 Å². The summed E-state index contributed by atoms with van der Waals surface area (Å²) in [7, 11) is 1.97. The number of ether oxygens (including phenoxy) is 2. The summed E-state index contributed by atoms with van der Waals surface area (Å²) >= 11 is 6.24. The van der Waals surface area contributed by atoms with E-state index in [1.54, 1.807) is 6.07 Å². The summed E-state index contributed by atoms with van der Waals surface area (Å²) in [5.41, 5.74) is 2.59. The lowest BCUT2D eigenvalue weighted by atomic mass is 10.1. The van der Waals surface area contributed by atoms with Crippen molar-refractivity contribution in [2.24, 2.45) is 0 Å². The molecule has 2 heterocycles. The minimum absolute atomic E-state index is 0.0463. The van der Waals surface area contributed by atoms with Crippen molar-refractivity contribution < 1.29 is 14.3 Å². The van der Waals surface area contributed by atoms with Crippen LogP contribution in [0.2, 0.25) is 5.02 Å². The molecule has 2 aromatic rings. The molecule has 2 aliphatic rings. The van der Waals surface area contributed by atoms with E-state index in [1.807, 2.05) is 24.1 Å².